The molecule has 3 rings (SSSR count). The minimum Gasteiger partial charge on any atom is -0.497 e. The number of amides is 1. The number of rotatable bonds is 6. The third kappa shape index (κ3) is 5.10. The van der Waals surface area contributed by atoms with E-state index >= 15 is 0 Å². The first-order chi connectivity index (χ1) is 13.1. The molecule has 4 nitrogen and oxygen atoms in total. The highest BCUT2D eigenvalue weighted by molar-refractivity contribution is 5.79. The van der Waals surface area contributed by atoms with Gasteiger partial charge in [0.2, 0.25) is 5.91 Å². The molecule has 2 aromatic rings. The number of hydrogen-bond acceptors (Lipinski definition) is 3. The molecule has 0 saturated carbocycles. The van der Waals surface area contributed by atoms with Crippen LogP contribution < -0.4 is 10.1 Å². The summed E-state index contributed by atoms with van der Waals surface area (Å²) < 4.78 is 5.19. The Morgan fingerprint density at radius 1 is 1.15 bits per heavy atom. The zero-order valence-electron chi connectivity index (χ0n) is 16.6. The number of benzene rings is 2. The first-order valence-corrected chi connectivity index (χ1v) is 9.78. The summed E-state index contributed by atoms with van der Waals surface area (Å²) in [7, 11) is 1.66. The van der Waals surface area contributed by atoms with Gasteiger partial charge < -0.3 is 10.1 Å². The van der Waals surface area contributed by atoms with Crippen LogP contribution in [-0.2, 0) is 11.3 Å². The van der Waals surface area contributed by atoms with E-state index in [1.807, 2.05) is 31.2 Å². The van der Waals surface area contributed by atoms with Crippen molar-refractivity contribution in [3.63, 3.8) is 0 Å². The standard InChI is InChI=1S/C23H30N2O2/c1-17-6-4-5-7-21(17)16-25-14-12-20(13-15-25)23(26)24-18(2)19-8-10-22(27-3)11-9-19/h4-11,18,20H,12-16H2,1-3H3,(H,24,26)/t18-/m1/s1. The molecule has 1 aliphatic heterocycles. The van der Waals surface area contributed by atoms with Gasteiger partial charge in [0.1, 0.15) is 5.75 Å². The van der Waals surface area contributed by atoms with Crippen molar-refractivity contribution in [1.29, 1.82) is 0 Å². The summed E-state index contributed by atoms with van der Waals surface area (Å²) in [5.74, 6) is 1.12. The highest BCUT2D eigenvalue weighted by Crippen LogP contribution is 2.22. The molecule has 1 amide bonds. The first-order valence-electron chi connectivity index (χ1n) is 9.78. The van der Waals surface area contributed by atoms with Crippen LogP contribution in [0, 0.1) is 12.8 Å². The number of carbonyl (C=O) groups excluding carboxylic acids is 1. The summed E-state index contributed by atoms with van der Waals surface area (Å²) >= 11 is 0. The fraction of sp³-hybridized carbons (Fsp3) is 0.435. The normalized spacial score (nSPS) is 16.7. The van der Waals surface area contributed by atoms with E-state index in [9.17, 15) is 4.79 Å². The molecule has 0 unspecified atom stereocenters. The van der Waals surface area contributed by atoms with Crippen molar-refractivity contribution in [2.75, 3.05) is 20.2 Å². The van der Waals surface area contributed by atoms with Gasteiger partial charge in [-0.25, -0.2) is 0 Å². The molecular weight excluding hydrogens is 336 g/mol. The average molecular weight is 367 g/mol. The molecule has 1 atom stereocenters. The number of aryl methyl sites for hydroxylation is 1. The van der Waals surface area contributed by atoms with E-state index in [2.05, 4.69) is 41.4 Å². The van der Waals surface area contributed by atoms with E-state index in [0.29, 0.717) is 0 Å². The van der Waals surface area contributed by atoms with Crippen LogP contribution in [0.4, 0.5) is 0 Å². The Bertz CT molecular complexity index is 749. The van der Waals surface area contributed by atoms with Gasteiger partial charge in [0.15, 0.2) is 0 Å². The Morgan fingerprint density at radius 2 is 1.81 bits per heavy atom. The minimum atomic E-state index is 0.00778. The number of methoxy groups -OCH3 is 1. The summed E-state index contributed by atoms with van der Waals surface area (Å²) in [6, 6.07) is 16.4. The number of carbonyl (C=O) groups is 1. The van der Waals surface area contributed by atoms with Crippen LogP contribution in [0.15, 0.2) is 48.5 Å². The van der Waals surface area contributed by atoms with Gasteiger partial charge in [-0.3, -0.25) is 9.69 Å². The Labute approximate surface area is 162 Å². The molecule has 0 spiro atoms. The van der Waals surface area contributed by atoms with Crippen LogP contribution in [0.2, 0.25) is 0 Å². The van der Waals surface area contributed by atoms with Crippen molar-refractivity contribution in [2.45, 2.75) is 39.3 Å². The van der Waals surface area contributed by atoms with Gasteiger partial charge in [-0.1, -0.05) is 36.4 Å². The van der Waals surface area contributed by atoms with Gasteiger partial charge in [0.25, 0.3) is 0 Å². The SMILES string of the molecule is COc1ccc([C@@H](C)NC(=O)C2CCN(Cc3ccccc3C)CC2)cc1. The minimum absolute atomic E-state index is 0.00778. The number of likely N-dealkylation sites (tertiary alicyclic amines) is 1. The van der Waals surface area contributed by atoms with Crippen LogP contribution in [0.5, 0.6) is 5.75 Å². The predicted octanol–water partition coefficient (Wildman–Crippen LogP) is 4.09. The molecule has 27 heavy (non-hydrogen) atoms. The Morgan fingerprint density at radius 3 is 2.44 bits per heavy atom. The highest BCUT2D eigenvalue weighted by Gasteiger charge is 2.26. The quantitative estimate of drug-likeness (QED) is 0.837. The highest BCUT2D eigenvalue weighted by atomic mass is 16.5. The van der Waals surface area contributed by atoms with Crippen molar-refractivity contribution in [1.82, 2.24) is 10.2 Å². The number of hydrogen-bond donors (Lipinski definition) is 1. The second kappa shape index (κ2) is 9.05. The second-order valence-electron chi connectivity index (χ2n) is 7.48. The van der Waals surface area contributed by atoms with Crippen molar-refractivity contribution in [3.05, 3.63) is 65.2 Å². The second-order valence-corrected chi connectivity index (χ2v) is 7.48. The maximum atomic E-state index is 12.7. The molecule has 2 aromatic carbocycles. The number of piperidine rings is 1. The van der Waals surface area contributed by atoms with E-state index in [4.69, 9.17) is 4.74 Å². The van der Waals surface area contributed by atoms with E-state index < -0.39 is 0 Å². The summed E-state index contributed by atoms with van der Waals surface area (Å²) in [5, 5.41) is 3.18. The van der Waals surface area contributed by atoms with Crippen LogP contribution in [0.25, 0.3) is 0 Å². The Balaban J connectivity index is 1.48. The van der Waals surface area contributed by atoms with Crippen LogP contribution in [0.3, 0.4) is 0 Å². The summed E-state index contributed by atoms with van der Waals surface area (Å²) in [6.07, 6.45) is 1.85. The third-order valence-electron chi connectivity index (χ3n) is 5.59. The van der Waals surface area contributed by atoms with E-state index in [-0.39, 0.29) is 17.9 Å². The smallest absolute Gasteiger partial charge is 0.223 e. The van der Waals surface area contributed by atoms with Crippen molar-refractivity contribution in [2.24, 2.45) is 5.92 Å². The van der Waals surface area contributed by atoms with Gasteiger partial charge in [-0.15, -0.1) is 0 Å². The number of nitrogens with one attached hydrogen (secondary N) is 1. The summed E-state index contributed by atoms with van der Waals surface area (Å²) in [6.45, 7) is 7.12. The van der Waals surface area contributed by atoms with Crippen LogP contribution in [-0.4, -0.2) is 31.0 Å². The lowest BCUT2D eigenvalue weighted by molar-refractivity contribution is -0.127. The molecule has 0 radical (unpaired) electrons. The van der Waals surface area contributed by atoms with Crippen molar-refractivity contribution >= 4 is 5.91 Å². The molecule has 0 bridgehead atoms. The zero-order valence-corrected chi connectivity index (χ0v) is 16.6. The van der Waals surface area contributed by atoms with Crippen molar-refractivity contribution in [3.8, 4) is 5.75 Å². The average Bonchev–Trinajstić information content (AvgIpc) is 2.70. The first kappa shape index (κ1) is 19.4. The number of nitrogens with zero attached hydrogens (tertiary/aromatic N) is 1. The van der Waals surface area contributed by atoms with Gasteiger partial charge in [-0.05, 0) is 68.6 Å². The monoisotopic (exact) mass is 366 g/mol. The van der Waals surface area contributed by atoms with Gasteiger partial charge in [0, 0.05) is 12.5 Å². The molecule has 0 aliphatic carbocycles. The van der Waals surface area contributed by atoms with E-state index in [1.54, 1.807) is 7.11 Å². The molecule has 144 valence electrons. The van der Waals surface area contributed by atoms with Gasteiger partial charge in [-0.2, -0.15) is 0 Å². The molecule has 1 aliphatic rings. The Hall–Kier alpha value is -2.33. The lowest BCUT2D eigenvalue weighted by atomic mass is 9.94. The largest absolute Gasteiger partial charge is 0.497 e. The third-order valence-corrected chi connectivity index (χ3v) is 5.59. The maximum absolute atomic E-state index is 12.7. The lowest BCUT2D eigenvalue weighted by Gasteiger charge is -2.32. The Kier molecular flexibility index (Phi) is 6.51. The molecule has 1 fully saturated rings. The molecule has 1 saturated heterocycles. The van der Waals surface area contributed by atoms with Gasteiger partial charge >= 0.3 is 0 Å². The molecule has 1 heterocycles. The van der Waals surface area contributed by atoms with Crippen molar-refractivity contribution < 1.29 is 9.53 Å². The fourth-order valence-corrected chi connectivity index (χ4v) is 3.69. The maximum Gasteiger partial charge on any atom is 0.223 e. The van der Waals surface area contributed by atoms with E-state index in [0.717, 1.165) is 43.8 Å². The molecule has 4 heteroatoms. The topological polar surface area (TPSA) is 41.6 Å². The zero-order chi connectivity index (χ0) is 19.2. The lowest BCUT2D eigenvalue weighted by Crippen LogP contribution is -2.41. The van der Waals surface area contributed by atoms with Crippen LogP contribution >= 0.6 is 0 Å². The fourth-order valence-electron chi connectivity index (χ4n) is 3.69. The number of ether oxygens (including phenoxy) is 1. The predicted molar refractivity (Wildman–Crippen MR) is 109 cm³/mol. The molecular formula is C23H30N2O2. The molecule has 0 aromatic heterocycles. The summed E-state index contributed by atoms with van der Waals surface area (Å²) in [5.41, 5.74) is 3.82. The van der Waals surface area contributed by atoms with E-state index in [1.165, 1.54) is 11.1 Å². The summed E-state index contributed by atoms with van der Waals surface area (Å²) in [4.78, 5) is 15.1. The molecule has 1 N–H and O–H groups in total. The van der Waals surface area contributed by atoms with Gasteiger partial charge in [0.05, 0.1) is 13.2 Å². The van der Waals surface area contributed by atoms with Crippen LogP contribution in [0.1, 0.15) is 42.5 Å².